The highest BCUT2D eigenvalue weighted by Crippen LogP contribution is 2.41. The van der Waals surface area contributed by atoms with E-state index in [1.54, 1.807) is 27.7 Å². The lowest BCUT2D eigenvalue weighted by atomic mass is 9.69. The molecule has 0 heterocycles. The summed E-state index contributed by atoms with van der Waals surface area (Å²) in [6, 6.07) is 7.48. The lowest BCUT2D eigenvalue weighted by Gasteiger charge is -2.36. The van der Waals surface area contributed by atoms with Gasteiger partial charge in [-0.25, -0.2) is 4.58 Å². The number of ether oxygens (including phenoxy) is 4. The van der Waals surface area contributed by atoms with Crippen LogP contribution in [0.1, 0.15) is 90.5 Å². The molecule has 0 aliphatic heterocycles. The van der Waals surface area contributed by atoms with Crippen LogP contribution in [0.2, 0.25) is 0 Å². The number of hydrogen-bond donors (Lipinski definition) is 1. The number of ketones is 1. The summed E-state index contributed by atoms with van der Waals surface area (Å²) < 4.78 is 22.3. The number of Topliss-reactive ketones (excluding diaryl/α,β-unsaturated/α-hetero) is 1. The highest BCUT2D eigenvalue weighted by atomic mass is 16.5. The van der Waals surface area contributed by atoms with E-state index in [0.29, 0.717) is 95.0 Å². The van der Waals surface area contributed by atoms with Gasteiger partial charge in [-0.15, -0.1) is 0 Å². The highest BCUT2D eigenvalue weighted by molar-refractivity contribution is 6.12. The molecular weight excluding hydrogens is 668 g/mol. The molecule has 12 nitrogen and oxygen atoms in total. The topological polar surface area (TPSA) is 149 Å². The lowest BCUT2D eigenvalue weighted by Crippen LogP contribution is -2.43. The SMILES string of the molecule is CCOC(=O)CCCN(CCCC(=O)OCC)c1ccc(C2C(=O)C(=C3C=CC(=[N+](CCCC(=O)OCC)CCCC(=O)OCC)C=C3)C2O)cc1. The summed E-state index contributed by atoms with van der Waals surface area (Å²) in [5, 5.41) is 11.2. The fourth-order valence-corrected chi connectivity index (χ4v) is 6.25. The Morgan fingerprint density at radius 1 is 0.654 bits per heavy atom. The number of hydrogen-bond acceptors (Lipinski definition) is 11. The van der Waals surface area contributed by atoms with Crippen LogP contribution in [0.25, 0.3) is 0 Å². The molecule has 2 unspecified atom stereocenters. The number of carbonyl (C=O) groups excluding carboxylic acids is 5. The van der Waals surface area contributed by atoms with E-state index < -0.39 is 12.0 Å². The zero-order valence-electron chi connectivity index (χ0n) is 31.1. The molecule has 0 radical (unpaired) electrons. The van der Waals surface area contributed by atoms with Gasteiger partial charge in [0.15, 0.2) is 11.5 Å². The zero-order chi connectivity index (χ0) is 37.9. The van der Waals surface area contributed by atoms with Crippen molar-refractivity contribution in [2.24, 2.45) is 0 Å². The van der Waals surface area contributed by atoms with Gasteiger partial charge in [0.05, 0.1) is 51.3 Å². The van der Waals surface area contributed by atoms with Crippen LogP contribution < -0.4 is 4.90 Å². The van der Waals surface area contributed by atoms with Crippen LogP contribution in [0.5, 0.6) is 0 Å². The summed E-state index contributed by atoms with van der Waals surface area (Å²) in [6.45, 7) is 10.7. The molecule has 0 saturated heterocycles. The maximum absolute atomic E-state index is 13.5. The Hall–Kier alpha value is -4.58. The van der Waals surface area contributed by atoms with Crippen LogP contribution in [-0.4, -0.2) is 104 Å². The van der Waals surface area contributed by atoms with Gasteiger partial charge in [0, 0.05) is 62.2 Å². The summed E-state index contributed by atoms with van der Waals surface area (Å²) >= 11 is 0. The summed E-state index contributed by atoms with van der Waals surface area (Å²) in [4.78, 5) is 63.1. The van der Waals surface area contributed by atoms with Gasteiger partial charge >= 0.3 is 23.9 Å². The van der Waals surface area contributed by atoms with Gasteiger partial charge in [0.1, 0.15) is 13.1 Å². The standard InChI is InChI=1S/C40H55N2O10/c1-5-49-33(43)13-9-25-41(26-10-14-34(44)50-6-2)31-21-17-29(18-22-31)37-39(47)38(40(37)48)30-19-23-32(24-20-30)42(27-11-15-35(45)51-7-3)28-12-16-36(46)52-8-4/h17-24,37,39,47H,5-16,25-28H2,1-4H3/q+1. The molecule has 0 aromatic heterocycles. The van der Waals surface area contributed by atoms with Crippen LogP contribution in [0.4, 0.5) is 5.69 Å². The molecule has 2 atom stereocenters. The van der Waals surface area contributed by atoms with E-state index in [4.69, 9.17) is 18.9 Å². The maximum atomic E-state index is 13.5. The third-order valence-corrected chi connectivity index (χ3v) is 8.78. The van der Waals surface area contributed by atoms with Crippen molar-refractivity contribution >= 4 is 41.1 Å². The number of aliphatic hydroxyl groups is 1. The van der Waals surface area contributed by atoms with Crippen LogP contribution in [0.3, 0.4) is 0 Å². The van der Waals surface area contributed by atoms with Crippen molar-refractivity contribution in [1.29, 1.82) is 0 Å². The molecule has 3 rings (SSSR count). The molecule has 12 heteroatoms. The van der Waals surface area contributed by atoms with Crippen molar-refractivity contribution < 1.29 is 52.6 Å². The number of allylic oxidation sites excluding steroid dienone is 5. The third kappa shape index (κ3) is 12.9. The lowest BCUT2D eigenvalue weighted by molar-refractivity contribution is -0.527. The van der Waals surface area contributed by atoms with Gasteiger partial charge < -0.3 is 29.0 Å². The highest BCUT2D eigenvalue weighted by Gasteiger charge is 2.46. The molecule has 1 aromatic rings. The molecule has 52 heavy (non-hydrogen) atoms. The van der Waals surface area contributed by atoms with E-state index in [0.717, 1.165) is 11.4 Å². The second-order valence-corrected chi connectivity index (χ2v) is 12.4. The minimum Gasteiger partial charge on any atom is -0.466 e. The van der Waals surface area contributed by atoms with Crippen molar-refractivity contribution in [3.63, 3.8) is 0 Å². The van der Waals surface area contributed by atoms with Gasteiger partial charge in [0.2, 0.25) is 0 Å². The summed E-state index contributed by atoms with van der Waals surface area (Å²) in [6.07, 6.45) is 9.88. The first-order chi connectivity index (χ1) is 25.1. The molecule has 0 spiro atoms. The van der Waals surface area contributed by atoms with Crippen molar-refractivity contribution in [2.75, 3.05) is 57.5 Å². The summed E-state index contributed by atoms with van der Waals surface area (Å²) in [5.41, 5.74) is 3.46. The fraction of sp³-hybridized carbons (Fsp3) is 0.550. The molecular formula is C40H55N2O10+. The number of benzene rings is 1. The Morgan fingerprint density at radius 2 is 1.08 bits per heavy atom. The molecule has 1 aromatic carbocycles. The maximum Gasteiger partial charge on any atom is 0.306 e. The number of esters is 4. The quantitative estimate of drug-likeness (QED) is 0.0764. The van der Waals surface area contributed by atoms with Crippen LogP contribution >= 0.6 is 0 Å². The molecule has 1 N–H and O–H groups in total. The number of aliphatic hydroxyl groups excluding tert-OH is 1. The van der Waals surface area contributed by atoms with E-state index >= 15 is 0 Å². The predicted octanol–water partition coefficient (Wildman–Crippen LogP) is 4.77. The number of anilines is 1. The van der Waals surface area contributed by atoms with E-state index in [2.05, 4.69) is 9.48 Å². The van der Waals surface area contributed by atoms with Crippen LogP contribution in [0, 0.1) is 0 Å². The van der Waals surface area contributed by atoms with E-state index in [-0.39, 0.29) is 55.3 Å². The van der Waals surface area contributed by atoms with Gasteiger partial charge in [-0.1, -0.05) is 12.1 Å². The Labute approximate surface area is 307 Å². The molecule has 0 bridgehead atoms. The van der Waals surface area contributed by atoms with Gasteiger partial charge in [-0.2, -0.15) is 0 Å². The number of nitrogens with zero attached hydrogens (tertiary/aromatic N) is 2. The zero-order valence-corrected chi connectivity index (χ0v) is 31.1. The predicted molar refractivity (Wildman–Crippen MR) is 196 cm³/mol. The average Bonchev–Trinajstić information content (AvgIpc) is 3.11. The van der Waals surface area contributed by atoms with Crippen molar-refractivity contribution in [1.82, 2.24) is 0 Å². The monoisotopic (exact) mass is 723 g/mol. The van der Waals surface area contributed by atoms with Gasteiger partial charge in [-0.05, 0) is 76.0 Å². The first-order valence-corrected chi connectivity index (χ1v) is 18.5. The Bertz CT molecular complexity index is 1440. The third-order valence-electron chi connectivity index (χ3n) is 8.78. The van der Waals surface area contributed by atoms with E-state index in [1.165, 1.54) is 0 Å². The largest absolute Gasteiger partial charge is 0.466 e. The van der Waals surface area contributed by atoms with Gasteiger partial charge in [0.25, 0.3) is 0 Å². The summed E-state index contributed by atoms with van der Waals surface area (Å²) in [7, 11) is 0. The Balaban J connectivity index is 1.70. The van der Waals surface area contributed by atoms with Gasteiger partial charge in [-0.3, -0.25) is 24.0 Å². The second-order valence-electron chi connectivity index (χ2n) is 12.4. The number of rotatable bonds is 22. The molecule has 1 saturated carbocycles. The van der Waals surface area contributed by atoms with Crippen LogP contribution in [0.15, 0.2) is 59.7 Å². The van der Waals surface area contributed by atoms with Crippen LogP contribution in [-0.2, 0) is 42.9 Å². The van der Waals surface area contributed by atoms with E-state index in [9.17, 15) is 29.1 Å². The molecule has 1 fully saturated rings. The summed E-state index contributed by atoms with van der Waals surface area (Å²) in [5.74, 6) is -1.84. The molecule has 2 aliphatic rings. The molecule has 2 aliphatic carbocycles. The molecule has 0 amide bonds. The van der Waals surface area contributed by atoms with Crippen molar-refractivity contribution in [3.8, 4) is 0 Å². The second kappa shape index (κ2) is 22.4. The number of carbonyl (C=O) groups is 5. The Morgan fingerprint density at radius 3 is 1.48 bits per heavy atom. The van der Waals surface area contributed by atoms with Crippen molar-refractivity contribution in [3.05, 3.63) is 65.3 Å². The normalized spacial score (nSPS) is 16.3. The Kier molecular flexibility index (Phi) is 18.0. The molecule has 284 valence electrons. The minimum atomic E-state index is -0.972. The smallest absolute Gasteiger partial charge is 0.306 e. The average molecular weight is 724 g/mol. The van der Waals surface area contributed by atoms with Crippen molar-refractivity contribution in [2.45, 2.75) is 91.1 Å². The minimum absolute atomic E-state index is 0.144. The fourth-order valence-electron chi connectivity index (χ4n) is 6.25. The first kappa shape index (κ1) is 41.8. The first-order valence-electron chi connectivity index (χ1n) is 18.5. The van der Waals surface area contributed by atoms with E-state index in [1.807, 2.05) is 48.6 Å².